The third-order valence-corrected chi connectivity index (χ3v) is 7.22. The highest BCUT2D eigenvalue weighted by molar-refractivity contribution is 6.07. The van der Waals surface area contributed by atoms with Crippen molar-refractivity contribution in [2.45, 2.75) is 32.2 Å². The third kappa shape index (κ3) is 4.78. The molecule has 1 saturated heterocycles. The smallest absolute Gasteiger partial charge is 0.261 e. The number of ketones is 1. The summed E-state index contributed by atoms with van der Waals surface area (Å²) in [6, 6.07) is 6.18. The molecule has 1 fully saturated rings. The maximum Gasteiger partial charge on any atom is 0.261 e. The standard InChI is InChI=1S/C28H34N2O5/c1-16-22(11-18-12-24(34-5)27(31)25(13-18)35-6)21-8-7-20(33-4)14-23(21)26(16)17(2)28(32)29-19-9-10-30(3)15-19/h7-8,11-14,17,19,26H,9-10,15H2,1-6H3,(H,29,32)/t17?,19-,26?/m1/s1. The van der Waals surface area contributed by atoms with Crippen LogP contribution in [-0.4, -0.2) is 64.1 Å². The monoisotopic (exact) mass is 478 g/mol. The van der Waals surface area contributed by atoms with Gasteiger partial charge < -0.3 is 24.4 Å². The zero-order chi connectivity index (χ0) is 25.3. The molecule has 35 heavy (non-hydrogen) atoms. The van der Waals surface area contributed by atoms with E-state index < -0.39 is 0 Å². The summed E-state index contributed by atoms with van der Waals surface area (Å²) in [7, 11) is 6.67. The Morgan fingerprint density at radius 3 is 2.40 bits per heavy atom. The Bertz CT molecular complexity index is 1130. The number of nitrogens with zero attached hydrogens (tertiary/aromatic N) is 1. The van der Waals surface area contributed by atoms with Gasteiger partial charge in [0.2, 0.25) is 5.91 Å². The summed E-state index contributed by atoms with van der Waals surface area (Å²) in [5.41, 5.74) is 5.04. The van der Waals surface area contributed by atoms with E-state index in [2.05, 4.69) is 24.2 Å². The number of allylic oxidation sites excluding steroid dienone is 6. The molecule has 3 aliphatic rings. The number of likely N-dealkylation sites (N-methyl/N-ethyl adjacent to an activating group) is 1. The summed E-state index contributed by atoms with van der Waals surface area (Å²) in [5.74, 6) is 0.643. The van der Waals surface area contributed by atoms with Crippen molar-refractivity contribution < 1.29 is 23.8 Å². The molecule has 0 radical (unpaired) electrons. The van der Waals surface area contributed by atoms with Crippen molar-refractivity contribution in [2.75, 3.05) is 41.5 Å². The van der Waals surface area contributed by atoms with E-state index in [-0.39, 0.29) is 41.1 Å². The highest BCUT2D eigenvalue weighted by atomic mass is 16.5. The topological polar surface area (TPSA) is 77.1 Å². The number of benzene rings is 1. The zero-order valence-corrected chi connectivity index (χ0v) is 21.3. The molecule has 186 valence electrons. The van der Waals surface area contributed by atoms with Gasteiger partial charge in [0.25, 0.3) is 5.78 Å². The lowest BCUT2D eigenvalue weighted by molar-refractivity contribution is -0.125. The van der Waals surface area contributed by atoms with E-state index in [1.807, 2.05) is 31.2 Å². The first-order valence-corrected chi connectivity index (χ1v) is 11.9. The average molecular weight is 479 g/mol. The number of ether oxygens (including phenoxy) is 3. The molecule has 1 aliphatic heterocycles. The van der Waals surface area contributed by atoms with Crippen LogP contribution in [0.5, 0.6) is 5.75 Å². The van der Waals surface area contributed by atoms with Gasteiger partial charge in [0.1, 0.15) is 5.75 Å². The number of likely N-dealkylation sites (tertiary alicyclic amines) is 1. The first-order valence-electron chi connectivity index (χ1n) is 11.9. The molecule has 1 heterocycles. The van der Waals surface area contributed by atoms with Crippen molar-refractivity contribution in [3.63, 3.8) is 0 Å². The number of carbonyl (C=O) groups excluding carboxylic acids is 2. The average Bonchev–Trinajstić information content (AvgIpc) is 3.38. The van der Waals surface area contributed by atoms with Crippen LogP contribution in [0.4, 0.5) is 0 Å². The molecular formula is C28H34N2O5. The van der Waals surface area contributed by atoms with Gasteiger partial charge in [-0.15, -0.1) is 0 Å². The molecule has 3 atom stereocenters. The van der Waals surface area contributed by atoms with E-state index in [0.717, 1.165) is 53.1 Å². The van der Waals surface area contributed by atoms with E-state index in [0.29, 0.717) is 0 Å². The summed E-state index contributed by atoms with van der Waals surface area (Å²) in [5, 5.41) is 3.25. The second-order valence-electron chi connectivity index (χ2n) is 9.47. The van der Waals surface area contributed by atoms with Gasteiger partial charge in [-0.1, -0.05) is 18.6 Å². The summed E-state index contributed by atoms with van der Waals surface area (Å²) < 4.78 is 16.1. The molecule has 0 spiro atoms. The fourth-order valence-electron chi connectivity index (χ4n) is 5.31. The molecule has 7 heteroatoms. The highest BCUT2D eigenvalue weighted by Crippen LogP contribution is 2.48. The van der Waals surface area contributed by atoms with Gasteiger partial charge in [-0.3, -0.25) is 9.59 Å². The molecule has 1 amide bonds. The van der Waals surface area contributed by atoms with E-state index in [1.54, 1.807) is 19.3 Å². The summed E-state index contributed by atoms with van der Waals surface area (Å²) >= 11 is 0. The molecular weight excluding hydrogens is 444 g/mol. The van der Waals surface area contributed by atoms with Gasteiger partial charge >= 0.3 is 0 Å². The van der Waals surface area contributed by atoms with Crippen molar-refractivity contribution in [1.82, 2.24) is 10.2 Å². The molecule has 1 aromatic rings. The lowest BCUT2D eigenvalue weighted by atomic mass is 9.84. The lowest BCUT2D eigenvalue weighted by Crippen LogP contribution is -2.41. The molecule has 1 N–H and O–H groups in total. The lowest BCUT2D eigenvalue weighted by Gasteiger charge is -2.24. The van der Waals surface area contributed by atoms with Crippen LogP contribution in [0.15, 0.2) is 59.1 Å². The maximum atomic E-state index is 13.3. The molecule has 0 saturated carbocycles. The van der Waals surface area contributed by atoms with Crippen LogP contribution in [0.3, 0.4) is 0 Å². The predicted octanol–water partition coefficient (Wildman–Crippen LogP) is 3.59. The van der Waals surface area contributed by atoms with Crippen LogP contribution in [-0.2, 0) is 19.1 Å². The van der Waals surface area contributed by atoms with Crippen LogP contribution in [0, 0.1) is 5.92 Å². The summed E-state index contributed by atoms with van der Waals surface area (Å²) in [6.07, 6.45) is 6.43. The first kappa shape index (κ1) is 24.8. The van der Waals surface area contributed by atoms with Crippen LogP contribution in [0.1, 0.15) is 37.3 Å². The number of carbonyl (C=O) groups is 2. The van der Waals surface area contributed by atoms with Crippen LogP contribution in [0.2, 0.25) is 0 Å². The van der Waals surface area contributed by atoms with Crippen molar-refractivity contribution in [3.8, 4) is 5.75 Å². The Labute approximate surface area is 207 Å². The van der Waals surface area contributed by atoms with Crippen molar-refractivity contribution >= 4 is 17.3 Å². The van der Waals surface area contributed by atoms with Crippen molar-refractivity contribution in [3.05, 3.63) is 70.2 Å². The number of methoxy groups -OCH3 is 3. The molecule has 1 aromatic carbocycles. The van der Waals surface area contributed by atoms with E-state index in [9.17, 15) is 9.59 Å². The zero-order valence-electron chi connectivity index (χ0n) is 21.3. The van der Waals surface area contributed by atoms with Crippen molar-refractivity contribution in [2.24, 2.45) is 5.92 Å². The Morgan fingerprint density at radius 2 is 1.83 bits per heavy atom. The summed E-state index contributed by atoms with van der Waals surface area (Å²) in [6.45, 7) is 5.94. The molecule has 0 bridgehead atoms. The highest BCUT2D eigenvalue weighted by Gasteiger charge is 2.36. The van der Waals surface area contributed by atoms with Gasteiger partial charge in [-0.05, 0) is 79.6 Å². The summed E-state index contributed by atoms with van der Waals surface area (Å²) in [4.78, 5) is 27.9. The number of fused-ring (bicyclic) bond motifs is 1. The third-order valence-electron chi connectivity index (χ3n) is 7.22. The Kier molecular flexibility index (Phi) is 7.17. The number of hydrogen-bond donors (Lipinski definition) is 1. The first-order chi connectivity index (χ1) is 16.8. The van der Waals surface area contributed by atoms with Gasteiger partial charge in [-0.2, -0.15) is 0 Å². The minimum Gasteiger partial charge on any atom is -0.497 e. The molecule has 4 rings (SSSR count). The van der Waals surface area contributed by atoms with Crippen LogP contribution < -0.4 is 10.1 Å². The van der Waals surface area contributed by atoms with Crippen molar-refractivity contribution in [1.29, 1.82) is 0 Å². The normalized spacial score (nSPS) is 22.9. The molecule has 7 nitrogen and oxygen atoms in total. The Balaban J connectivity index is 1.73. The second-order valence-corrected chi connectivity index (χ2v) is 9.47. The second kappa shape index (κ2) is 10.1. The van der Waals surface area contributed by atoms with E-state index in [4.69, 9.17) is 14.2 Å². The number of hydrogen-bond acceptors (Lipinski definition) is 6. The largest absolute Gasteiger partial charge is 0.497 e. The van der Waals surface area contributed by atoms with E-state index >= 15 is 0 Å². The number of Topliss-reactive ketones (excluding diaryl/α,β-unsaturated/α-hetero) is 1. The van der Waals surface area contributed by atoms with Gasteiger partial charge in [-0.25, -0.2) is 0 Å². The quantitative estimate of drug-likeness (QED) is 0.646. The fraction of sp³-hybridized carbons (Fsp3) is 0.429. The number of nitrogens with one attached hydrogen (secondary N) is 1. The Hall–Kier alpha value is -3.32. The minimum atomic E-state index is -0.282. The predicted molar refractivity (Wildman–Crippen MR) is 135 cm³/mol. The number of rotatable bonds is 7. The number of amides is 1. The molecule has 2 aliphatic carbocycles. The van der Waals surface area contributed by atoms with Crippen LogP contribution in [0.25, 0.3) is 5.57 Å². The minimum absolute atomic E-state index is 0.0590. The fourth-order valence-corrected chi connectivity index (χ4v) is 5.31. The SMILES string of the molecule is COC1=CC(=CC2=C(C)C(C(C)C(=O)N[C@@H]3CCN(C)C3)c3cc(OC)ccc32)C=C(OC)C1=O. The van der Waals surface area contributed by atoms with E-state index in [1.165, 1.54) is 14.2 Å². The molecule has 2 unspecified atom stereocenters. The molecule has 0 aromatic heterocycles. The van der Waals surface area contributed by atoms with Crippen LogP contribution >= 0.6 is 0 Å². The Morgan fingerprint density at radius 1 is 1.14 bits per heavy atom. The van der Waals surface area contributed by atoms with Gasteiger partial charge in [0.15, 0.2) is 11.5 Å². The maximum absolute atomic E-state index is 13.3. The van der Waals surface area contributed by atoms with Gasteiger partial charge in [0.05, 0.1) is 21.3 Å². The van der Waals surface area contributed by atoms with Gasteiger partial charge in [0, 0.05) is 24.4 Å².